The van der Waals surface area contributed by atoms with E-state index in [4.69, 9.17) is 0 Å². The lowest BCUT2D eigenvalue weighted by molar-refractivity contribution is -0.125. The molecular weight excluding hydrogens is 390 g/mol. The van der Waals surface area contributed by atoms with Crippen molar-refractivity contribution >= 4 is 26.0 Å². The zero-order valence-corrected chi connectivity index (χ0v) is 16.9. The Morgan fingerprint density at radius 1 is 1.04 bits per heavy atom. The van der Waals surface area contributed by atoms with E-state index in [-0.39, 0.29) is 23.4 Å². The van der Waals surface area contributed by atoms with Crippen LogP contribution < -0.4 is 5.32 Å². The summed E-state index contributed by atoms with van der Waals surface area (Å²) in [6, 6.07) is 7.02. The predicted octanol–water partition coefficient (Wildman–Crippen LogP) is 0.380. The van der Waals surface area contributed by atoms with Crippen LogP contribution in [-0.2, 0) is 24.8 Å². The van der Waals surface area contributed by atoms with Crippen molar-refractivity contribution in [1.29, 1.82) is 0 Å². The van der Waals surface area contributed by atoms with Gasteiger partial charge in [-0.15, -0.1) is 0 Å². The zero-order chi connectivity index (χ0) is 19.7. The molecular formula is C17H25N3O5S2. The van der Waals surface area contributed by atoms with Crippen molar-refractivity contribution in [2.24, 2.45) is 0 Å². The van der Waals surface area contributed by atoms with Gasteiger partial charge in [-0.05, 0) is 37.8 Å². The normalized spacial score (nSPS) is 25.4. The standard InChI is InChI=1S/C17H25N3O5S2/c1-26(22,23)19-11-5-7-14(13-19)18-17(21)16-10-6-12-20(16)27(24,25)15-8-3-2-4-9-15/h2-4,8-9,14,16H,5-7,10-13H2,1H3,(H,18,21). The molecule has 2 heterocycles. The van der Waals surface area contributed by atoms with E-state index >= 15 is 0 Å². The number of hydrogen-bond donors (Lipinski definition) is 1. The third kappa shape index (κ3) is 4.50. The first-order valence-electron chi connectivity index (χ1n) is 9.02. The highest BCUT2D eigenvalue weighted by molar-refractivity contribution is 7.89. The molecule has 2 aliphatic rings. The molecule has 0 bridgehead atoms. The van der Waals surface area contributed by atoms with Crippen LogP contribution in [0.1, 0.15) is 25.7 Å². The number of piperidine rings is 1. The molecule has 1 aromatic carbocycles. The Morgan fingerprint density at radius 3 is 2.37 bits per heavy atom. The highest BCUT2D eigenvalue weighted by atomic mass is 32.2. The predicted molar refractivity (Wildman–Crippen MR) is 101 cm³/mol. The van der Waals surface area contributed by atoms with Crippen LogP contribution in [0, 0.1) is 0 Å². The van der Waals surface area contributed by atoms with Crippen molar-refractivity contribution in [3.8, 4) is 0 Å². The maximum absolute atomic E-state index is 12.9. The molecule has 0 radical (unpaired) electrons. The van der Waals surface area contributed by atoms with E-state index in [9.17, 15) is 21.6 Å². The summed E-state index contributed by atoms with van der Waals surface area (Å²) in [6.07, 6.45) is 3.57. The highest BCUT2D eigenvalue weighted by Crippen LogP contribution is 2.26. The van der Waals surface area contributed by atoms with Crippen LogP contribution in [-0.4, -0.2) is 69.3 Å². The number of rotatable bonds is 5. The second-order valence-electron chi connectivity index (χ2n) is 7.06. The van der Waals surface area contributed by atoms with E-state index < -0.39 is 26.1 Å². The first kappa shape index (κ1) is 20.2. The van der Waals surface area contributed by atoms with Gasteiger partial charge in [0, 0.05) is 25.7 Å². The number of sulfonamides is 2. The van der Waals surface area contributed by atoms with Gasteiger partial charge in [0.2, 0.25) is 26.0 Å². The van der Waals surface area contributed by atoms with Crippen LogP contribution in [0.2, 0.25) is 0 Å². The Morgan fingerprint density at radius 2 is 1.70 bits per heavy atom. The number of carbonyl (C=O) groups is 1. The van der Waals surface area contributed by atoms with Crippen molar-refractivity contribution in [3.63, 3.8) is 0 Å². The van der Waals surface area contributed by atoms with E-state index in [1.165, 1.54) is 20.7 Å². The molecule has 2 fully saturated rings. The average molecular weight is 416 g/mol. The molecule has 1 amide bonds. The van der Waals surface area contributed by atoms with Crippen LogP contribution in [0.5, 0.6) is 0 Å². The van der Waals surface area contributed by atoms with Crippen LogP contribution in [0.3, 0.4) is 0 Å². The molecule has 10 heteroatoms. The van der Waals surface area contributed by atoms with Gasteiger partial charge in [-0.2, -0.15) is 4.31 Å². The fraction of sp³-hybridized carbons (Fsp3) is 0.588. The zero-order valence-electron chi connectivity index (χ0n) is 15.2. The lowest BCUT2D eigenvalue weighted by Crippen LogP contribution is -2.53. The Bertz CT molecular complexity index is 886. The average Bonchev–Trinajstić information content (AvgIpc) is 3.13. The van der Waals surface area contributed by atoms with Gasteiger partial charge in [-0.3, -0.25) is 4.79 Å². The quantitative estimate of drug-likeness (QED) is 0.749. The van der Waals surface area contributed by atoms with Gasteiger partial charge in [0.25, 0.3) is 0 Å². The maximum Gasteiger partial charge on any atom is 0.243 e. The molecule has 27 heavy (non-hydrogen) atoms. The number of hydrogen-bond acceptors (Lipinski definition) is 5. The van der Waals surface area contributed by atoms with Gasteiger partial charge in [-0.1, -0.05) is 18.2 Å². The summed E-state index contributed by atoms with van der Waals surface area (Å²) in [6.45, 7) is 0.974. The van der Waals surface area contributed by atoms with E-state index in [2.05, 4.69) is 5.32 Å². The van der Waals surface area contributed by atoms with Gasteiger partial charge < -0.3 is 5.32 Å². The third-order valence-electron chi connectivity index (χ3n) is 5.06. The lowest BCUT2D eigenvalue weighted by atomic mass is 10.1. The van der Waals surface area contributed by atoms with E-state index in [1.807, 2.05) is 0 Å². The fourth-order valence-electron chi connectivity index (χ4n) is 3.68. The number of nitrogens with zero attached hydrogens (tertiary/aromatic N) is 2. The van der Waals surface area contributed by atoms with E-state index in [1.54, 1.807) is 18.2 Å². The van der Waals surface area contributed by atoms with Crippen LogP contribution in [0.15, 0.2) is 35.2 Å². The van der Waals surface area contributed by atoms with Gasteiger partial charge in [-0.25, -0.2) is 21.1 Å². The Balaban J connectivity index is 1.71. The highest BCUT2D eigenvalue weighted by Gasteiger charge is 2.40. The molecule has 0 spiro atoms. The monoisotopic (exact) mass is 415 g/mol. The summed E-state index contributed by atoms with van der Waals surface area (Å²) >= 11 is 0. The first-order valence-corrected chi connectivity index (χ1v) is 12.3. The summed E-state index contributed by atoms with van der Waals surface area (Å²) < 4.78 is 51.9. The lowest BCUT2D eigenvalue weighted by Gasteiger charge is -2.32. The van der Waals surface area contributed by atoms with Crippen molar-refractivity contribution in [3.05, 3.63) is 30.3 Å². The smallest absolute Gasteiger partial charge is 0.243 e. The Kier molecular flexibility index (Phi) is 5.90. The van der Waals surface area contributed by atoms with Crippen LogP contribution >= 0.6 is 0 Å². The molecule has 0 aliphatic carbocycles. The molecule has 150 valence electrons. The molecule has 8 nitrogen and oxygen atoms in total. The van der Waals surface area contributed by atoms with E-state index in [0.29, 0.717) is 38.8 Å². The molecule has 2 saturated heterocycles. The second-order valence-corrected chi connectivity index (χ2v) is 10.9. The number of nitrogens with one attached hydrogen (secondary N) is 1. The second kappa shape index (κ2) is 7.86. The maximum atomic E-state index is 12.9. The third-order valence-corrected chi connectivity index (χ3v) is 8.25. The molecule has 0 aromatic heterocycles. The largest absolute Gasteiger partial charge is 0.351 e. The molecule has 2 aliphatic heterocycles. The van der Waals surface area contributed by atoms with E-state index in [0.717, 1.165) is 6.26 Å². The topological polar surface area (TPSA) is 104 Å². The molecule has 1 aromatic rings. The first-order chi connectivity index (χ1) is 12.7. The van der Waals surface area contributed by atoms with Crippen molar-refractivity contribution in [2.75, 3.05) is 25.9 Å². The van der Waals surface area contributed by atoms with Crippen molar-refractivity contribution < 1.29 is 21.6 Å². The summed E-state index contributed by atoms with van der Waals surface area (Å²) in [4.78, 5) is 12.9. The molecule has 1 N–H and O–H groups in total. The molecule has 0 saturated carbocycles. The number of amides is 1. The minimum absolute atomic E-state index is 0.172. The summed E-state index contributed by atoms with van der Waals surface area (Å²) in [7, 11) is -7.05. The molecule has 3 rings (SSSR count). The minimum atomic E-state index is -3.74. The number of carbonyl (C=O) groups excluding carboxylic acids is 1. The van der Waals surface area contributed by atoms with Gasteiger partial charge in [0.15, 0.2) is 0 Å². The Labute approximate surface area is 160 Å². The van der Waals surface area contributed by atoms with Crippen LogP contribution in [0.25, 0.3) is 0 Å². The summed E-state index contributed by atoms with van der Waals surface area (Å²) in [5.41, 5.74) is 0. The van der Waals surface area contributed by atoms with Crippen molar-refractivity contribution in [1.82, 2.24) is 13.9 Å². The molecule has 2 atom stereocenters. The van der Waals surface area contributed by atoms with Crippen LogP contribution in [0.4, 0.5) is 0 Å². The van der Waals surface area contributed by atoms with Gasteiger partial charge in [0.1, 0.15) is 6.04 Å². The Hall–Kier alpha value is -1.49. The van der Waals surface area contributed by atoms with Crippen molar-refractivity contribution in [2.45, 2.75) is 42.7 Å². The van der Waals surface area contributed by atoms with Gasteiger partial charge in [0.05, 0.1) is 11.2 Å². The SMILES string of the molecule is CS(=O)(=O)N1CCCC(NC(=O)C2CCCN2S(=O)(=O)c2ccccc2)C1. The molecule has 2 unspecified atom stereocenters. The minimum Gasteiger partial charge on any atom is -0.351 e. The fourth-order valence-corrected chi connectivity index (χ4v) is 6.27. The summed E-state index contributed by atoms with van der Waals surface area (Å²) in [5.74, 6) is -0.354. The number of benzene rings is 1. The summed E-state index contributed by atoms with van der Waals surface area (Å²) in [5, 5.41) is 2.87. The van der Waals surface area contributed by atoms with Gasteiger partial charge >= 0.3 is 0 Å².